The number of methoxy groups -OCH3 is 2. The van der Waals surface area contributed by atoms with E-state index >= 15 is 0 Å². The predicted molar refractivity (Wildman–Crippen MR) is 273 cm³/mol. The number of ether oxygens (including phenoxy) is 2. The Morgan fingerprint density at radius 2 is 1.50 bits per heavy atom. The number of likely N-dealkylation sites (N-methyl/N-ethyl adjacent to an activating group) is 1. The number of likely N-dealkylation sites (tertiary alicyclic amines) is 1. The largest absolute Gasteiger partial charge is 0.481 e. The molecule has 8 unspecified atom stereocenters. The number of hydrogen-bond donors (Lipinski definition) is 3. The molecule has 2 saturated heterocycles. The van der Waals surface area contributed by atoms with Gasteiger partial charge in [0, 0.05) is 99.6 Å². The number of carbonyl (C=O) groups is 7. The van der Waals surface area contributed by atoms with Gasteiger partial charge in [0.1, 0.15) is 18.0 Å². The van der Waals surface area contributed by atoms with Gasteiger partial charge >= 0.3 is 5.97 Å². The molecule has 3 aliphatic heterocycles. The predicted octanol–water partition coefficient (Wildman–Crippen LogP) is 3.52. The number of rotatable bonds is 26. The quantitative estimate of drug-likeness (QED) is 0.0396. The molecule has 0 saturated carbocycles. The van der Waals surface area contributed by atoms with Crippen molar-refractivity contribution in [2.45, 2.75) is 129 Å². The minimum atomic E-state index is -4.43. The highest BCUT2D eigenvalue weighted by molar-refractivity contribution is 7.59. The van der Waals surface area contributed by atoms with Gasteiger partial charge in [0.05, 0.1) is 36.6 Å². The lowest BCUT2D eigenvalue weighted by atomic mass is 9.89. The first kappa shape index (κ1) is 59.4. The number of carboxylic acid groups (broad SMARTS) is 1. The minimum Gasteiger partial charge on any atom is -0.481 e. The van der Waals surface area contributed by atoms with E-state index in [9.17, 15) is 48.1 Å². The van der Waals surface area contributed by atoms with Crippen LogP contribution >= 0.6 is 7.37 Å². The summed E-state index contributed by atoms with van der Waals surface area (Å²) in [4.78, 5) is 118. The van der Waals surface area contributed by atoms with E-state index < -0.39 is 67.4 Å². The second-order valence-corrected chi connectivity index (χ2v) is 22.4. The van der Waals surface area contributed by atoms with Crippen LogP contribution in [0.15, 0.2) is 47.5 Å². The van der Waals surface area contributed by atoms with Crippen LogP contribution in [0.3, 0.4) is 0 Å². The summed E-state index contributed by atoms with van der Waals surface area (Å²) >= 11 is 0. The molecule has 1 aromatic rings. The van der Waals surface area contributed by atoms with Gasteiger partial charge in [-0.2, -0.15) is 0 Å². The standard InChI is InChI=1S/C51H81N8O12P/c1-11-35(4)47(55(8)50(67)46(34(2)3)53-51(54(6)7)57-29-27-56(28-30-57)41(60)22-16-13-17-25-59-42(61)23-24-43(59)62)39(70-9)32-44(63)58-26-18-21-38(58)48(71-10)36(5)49(66)52-40(72(68,69)33-45(64)65)31-37-19-14-12-15-20-37/h12,14-15,19-20,23-24,34-36,38-40,46-48H,11,13,16-18,21-22,25-33H2,1-10H3,(H,52,66)(H,64,65)(H,68,69)/t35?,36?,38-,39?,40?,46?,47?,48?/m0/s1. The minimum absolute atomic E-state index is 0.0456. The monoisotopic (exact) mass is 1030 g/mol. The van der Waals surface area contributed by atoms with E-state index in [1.807, 2.05) is 51.6 Å². The molecular weight excluding hydrogens is 948 g/mol. The summed E-state index contributed by atoms with van der Waals surface area (Å²) in [7, 11) is 4.03. The highest BCUT2D eigenvalue weighted by atomic mass is 31.2. The van der Waals surface area contributed by atoms with E-state index in [1.54, 1.807) is 54.1 Å². The van der Waals surface area contributed by atoms with Crippen molar-refractivity contribution in [3.8, 4) is 0 Å². The molecular formula is C51H81N8O12P. The van der Waals surface area contributed by atoms with Gasteiger partial charge in [-0.25, -0.2) is 4.99 Å². The molecule has 2 fully saturated rings. The van der Waals surface area contributed by atoms with Crippen LogP contribution in [0.2, 0.25) is 0 Å². The average Bonchev–Trinajstić information content (AvgIpc) is 3.96. The van der Waals surface area contributed by atoms with Gasteiger partial charge in [-0.3, -0.25) is 43.0 Å². The Bertz CT molecular complexity index is 2110. The van der Waals surface area contributed by atoms with Crippen LogP contribution in [-0.4, -0.2) is 204 Å². The fourth-order valence-electron chi connectivity index (χ4n) is 10.0. The van der Waals surface area contributed by atoms with Gasteiger partial charge in [-0.15, -0.1) is 0 Å². The Labute approximate surface area is 425 Å². The fraction of sp³-hybridized carbons (Fsp3) is 0.686. The second kappa shape index (κ2) is 27.8. The topological polar surface area (TPSA) is 239 Å². The van der Waals surface area contributed by atoms with Gasteiger partial charge in [0.25, 0.3) is 11.8 Å². The molecule has 0 aliphatic carbocycles. The number of amides is 6. The molecule has 1 aromatic carbocycles. The number of carbonyl (C=O) groups excluding carboxylic acids is 6. The van der Waals surface area contributed by atoms with Crippen molar-refractivity contribution in [2.24, 2.45) is 22.7 Å². The summed E-state index contributed by atoms with van der Waals surface area (Å²) in [6, 6.07) is 6.87. The van der Waals surface area contributed by atoms with E-state index in [-0.39, 0.29) is 54.2 Å². The molecule has 9 atom stereocenters. The zero-order valence-electron chi connectivity index (χ0n) is 44.1. The maximum atomic E-state index is 14.8. The molecule has 4 rings (SSSR count). The maximum absolute atomic E-state index is 14.8. The number of aliphatic carboxylic acids is 1. The SMILES string of the molecule is CCC(C)C(C(CC(=O)N1CCC[C@H]1C(OC)C(C)C(=O)NC(Cc1ccccc1)P(=O)(O)CC(=O)O)OC)N(C)C(=O)C(N=C(N(C)C)N1CCN(C(=O)CCCCCN2C(=O)C=CC2=O)CC1)C(C)C. The normalized spacial score (nSPS) is 20.2. The lowest BCUT2D eigenvalue weighted by Gasteiger charge is -2.41. The van der Waals surface area contributed by atoms with E-state index in [0.29, 0.717) is 95.7 Å². The van der Waals surface area contributed by atoms with Gasteiger partial charge in [0.15, 0.2) is 5.96 Å². The summed E-state index contributed by atoms with van der Waals surface area (Å²) < 4.78 is 25.4. The van der Waals surface area contributed by atoms with Crippen molar-refractivity contribution in [1.29, 1.82) is 0 Å². The van der Waals surface area contributed by atoms with Crippen LogP contribution in [-0.2, 0) is 54.0 Å². The number of benzene rings is 1. The number of piperazine rings is 1. The zero-order valence-corrected chi connectivity index (χ0v) is 45.0. The van der Waals surface area contributed by atoms with E-state index in [2.05, 4.69) is 10.2 Å². The Morgan fingerprint density at radius 3 is 2.06 bits per heavy atom. The number of aliphatic imine (C=N–C) groups is 1. The average molecular weight is 1030 g/mol. The Kier molecular flexibility index (Phi) is 22.9. The highest BCUT2D eigenvalue weighted by Crippen LogP contribution is 2.46. The Morgan fingerprint density at radius 1 is 0.875 bits per heavy atom. The molecule has 0 spiro atoms. The van der Waals surface area contributed by atoms with Gasteiger partial charge in [-0.05, 0) is 43.1 Å². The van der Waals surface area contributed by atoms with Gasteiger partial charge in [0.2, 0.25) is 31.0 Å². The van der Waals surface area contributed by atoms with Crippen LogP contribution in [0, 0.1) is 17.8 Å². The number of guanidine groups is 1. The second-order valence-electron chi connectivity index (χ2n) is 20.0. The summed E-state index contributed by atoms with van der Waals surface area (Å²) in [6.07, 6.45) is 4.04. The first-order valence-corrected chi connectivity index (χ1v) is 27.3. The third-order valence-electron chi connectivity index (χ3n) is 14.3. The molecule has 3 heterocycles. The molecule has 3 N–H and O–H groups in total. The van der Waals surface area contributed by atoms with Crippen LogP contribution in [0.1, 0.15) is 91.5 Å². The number of imide groups is 1. The van der Waals surface area contributed by atoms with E-state index in [1.165, 1.54) is 31.3 Å². The van der Waals surface area contributed by atoms with Gasteiger partial charge < -0.3 is 49.3 Å². The summed E-state index contributed by atoms with van der Waals surface area (Å²) in [5.74, 6) is -5.08. The number of nitrogens with zero attached hydrogens (tertiary/aromatic N) is 7. The summed E-state index contributed by atoms with van der Waals surface area (Å²) in [5.41, 5.74) is 0.641. The molecule has 20 nitrogen and oxygen atoms in total. The maximum Gasteiger partial charge on any atom is 0.313 e. The van der Waals surface area contributed by atoms with Crippen LogP contribution in [0.25, 0.3) is 0 Å². The van der Waals surface area contributed by atoms with Crippen molar-refractivity contribution in [2.75, 3.05) is 80.8 Å². The van der Waals surface area contributed by atoms with Crippen LogP contribution in [0.4, 0.5) is 0 Å². The Balaban J connectivity index is 1.43. The lowest BCUT2D eigenvalue weighted by Crippen LogP contribution is -2.56. The van der Waals surface area contributed by atoms with Crippen molar-refractivity contribution < 1.29 is 57.6 Å². The first-order valence-electron chi connectivity index (χ1n) is 25.4. The van der Waals surface area contributed by atoms with Gasteiger partial charge in [-0.1, -0.05) is 77.8 Å². The van der Waals surface area contributed by atoms with E-state index in [4.69, 9.17) is 14.5 Å². The third kappa shape index (κ3) is 15.9. The van der Waals surface area contributed by atoms with Crippen molar-refractivity contribution in [1.82, 2.24) is 34.7 Å². The van der Waals surface area contributed by atoms with E-state index in [0.717, 1.165) is 0 Å². The molecule has 0 radical (unpaired) electrons. The summed E-state index contributed by atoms with van der Waals surface area (Å²) in [5, 5.41) is 12.1. The van der Waals surface area contributed by atoms with Crippen molar-refractivity contribution >= 4 is 54.7 Å². The fourth-order valence-corrected chi connectivity index (χ4v) is 11.5. The number of carboxylic acids is 1. The summed E-state index contributed by atoms with van der Waals surface area (Å²) in [6.45, 7) is 12.3. The van der Waals surface area contributed by atoms with Crippen molar-refractivity contribution in [3.05, 3.63) is 48.0 Å². The molecule has 0 aromatic heterocycles. The number of nitrogens with one attached hydrogen (secondary N) is 1. The highest BCUT2D eigenvalue weighted by Gasteiger charge is 2.44. The Hall–Kier alpha value is -5.17. The molecule has 72 heavy (non-hydrogen) atoms. The van der Waals surface area contributed by atoms with Crippen LogP contribution < -0.4 is 5.32 Å². The molecule has 21 heteroatoms. The lowest BCUT2D eigenvalue weighted by molar-refractivity contribution is -0.146. The number of hydrogen-bond acceptors (Lipinski definition) is 11. The molecule has 0 bridgehead atoms. The smallest absolute Gasteiger partial charge is 0.313 e. The third-order valence-corrected chi connectivity index (χ3v) is 16.3. The number of unbranched alkanes of at least 4 members (excludes halogenated alkanes) is 2. The first-order chi connectivity index (χ1) is 34.1. The van der Waals surface area contributed by atoms with Crippen LogP contribution in [0.5, 0.6) is 0 Å². The molecule has 402 valence electrons. The molecule has 6 amide bonds. The zero-order chi connectivity index (χ0) is 53.4. The van der Waals surface area contributed by atoms with Crippen molar-refractivity contribution in [3.63, 3.8) is 0 Å². The molecule has 3 aliphatic rings.